The highest BCUT2D eigenvalue weighted by atomic mass is 32.2. The second kappa shape index (κ2) is 11.3. The zero-order chi connectivity index (χ0) is 26.0. The van der Waals surface area contributed by atoms with E-state index in [1.807, 2.05) is 18.2 Å². The van der Waals surface area contributed by atoms with Crippen LogP contribution in [0.25, 0.3) is 0 Å². The van der Waals surface area contributed by atoms with Crippen LogP contribution in [0.15, 0.2) is 46.4 Å². The molecule has 4 nitrogen and oxygen atoms in total. The van der Waals surface area contributed by atoms with Crippen LogP contribution < -0.4 is 0 Å². The third kappa shape index (κ3) is 5.78. The number of fused-ring (bicyclic) bond motifs is 1. The van der Waals surface area contributed by atoms with Crippen LogP contribution in [0, 0.1) is 22.7 Å². The molecule has 36 heavy (non-hydrogen) atoms. The third-order valence-electron chi connectivity index (χ3n) is 9.77. The maximum atomic E-state index is 14.1. The van der Waals surface area contributed by atoms with E-state index in [4.69, 9.17) is 9.47 Å². The molecule has 2 aliphatic carbocycles. The van der Waals surface area contributed by atoms with Gasteiger partial charge in [0.05, 0.1) is 16.8 Å². The predicted octanol–water partition coefficient (Wildman–Crippen LogP) is 7.73. The SMILES string of the molecule is CC1=C(CC([C@@H](C)CCOC2CCCCO2)S(=O)(=O)c2ccccc2)[C@]2(C)CCCC(C)(C)[C@H]2CC1. The van der Waals surface area contributed by atoms with Gasteiger partial charge in [0.25, 0.3) is 0 Å². The molecule has 1 aromatic carbocycles. The van der Waals surface area contributed by atoms with Gasteiger partial charge in [-0.25, -0.2) is 8.42 Å². The highest BCUT2D eigenvalue weighted by Crippen LogP contribution is 2.60. The van der Waals surface area contributed by atoms with Gasteiger partial charge in [-0.2, -0.15) is 0 Å². The number of allylic oxidation sites excluding steroid dienone is 2. The molecule has 1 heterocycles. The van der Waals surface area contributed by atoms with Gasteiger partial charge < -0.3 is 9.47 Å². The first-order valence-corrected chi connectivity index (χ1v) is 15.8. The van der Waals surface area contributed by atoms with Gasteiger partial charge in [-0.05, 0) is 99.5 Å². The Kier molecular flexibility index (Phi) is 8.74. The third-order valence-corrected chi connectivity index (χ3v) is 12.1. The molecule has 4 rings (SSSR count). The normalized spacial score (nSPS) is 30.5. The average Bonchev–Trinajstić information content (AvgIpc) is 2.84. The Bertz CT molecular complexity index is 1010. The lowest BCUT2D eigenvalue weighted by molar-refractivity contribution is -0.163. The van der Waals surface area contributed by atoms with Crippen molar-refractivity contribution < 1.29 is 17.9 Å². The van der Waals surface area contributed by atoms with E-state index in [0.717, 1.165) is 32.3 Å². The van der Waals surface area contributed by atoms with Crippen LogP contribution >= 0.6 is 0 Å². The van der Waals surface area contributed by atoms with Gasteiger partial charge >= 0.3 is 0 Å². The predicted molar refractivity (Wildman–Crippen MR) is 147 cm³/mol. The molecule has 202 valence electrons. The fourth-order valence-electron chi connectivity index (χ4n) is 7.62. The van der Waals surface area contributed by atoms with E-state index < -0.39 is 15.1 Å². The van der Waals surface area contributed by atoms with Crippen molar-refractivity contribution in [1.82, 2.24) is 0 Å². The standard InChI is InChI=1S/C31H48O4S/c1-23-15-16-28-30(3,4)18-11-19-31(28,5)26(23)22-27(36(32,33)25-12-7-6-8-13-25)24(2)17-21-35-29-14-9-10-20-34-29/h6-8,12-13,24,27-29H,9-11,14-22H2,1-5H3/t24-,27?,28+,29?,31-/m0/s1. The summed E-state index contributed by atoms with van der Waals surface area (Å²) in [6.45, 7) is 13.0. The zero-order valence-corrected chi connectivity index (χ0v) is 24.0. The number of sulfone groups is 1. The minimum absolute atomic E-state index is 0.0142. The lowest BCUT2D eigenvalue weighted by Gasteiger charge is -2.55. The minimum Gasteiger partial charge on any atom is -0.353 e. The van der Waals surface area contributed by atoms with Crippen LogP contribution in [0.5, 0.6) is 0 Å². The highest BCUT2D eigenvalue weighted by molar-refractivity contribution is 7.92. The number of hydrogen-bond donors (Lipinski definition) is 0. The number of hydrogen-bond acceptors (Lipinski definition) is 4. The maximum absolute atomic E-state index is 14.1. The van der Waals surface area contributed by atoms with Crippen LogP contribution in [-0.2, 0) is 19.3 Å². The van der Waals surface area contributed by atoms with Crippen LogP contribution in [0.2, 0.25) is 0 Å². The van der Waals surface area contributed by atoms with Crippen LogP contribution in [0.3, 0.4) is 0 Å². The first-order chi connectivity index (χ1) is 17.1. The monoisotopic (exact) mass is 516 g/mol. The quantitative estimate of drug-likeness (QED) is 0.315. The summed E-state index contributed by atoms with van der Waals surface area (Å²) >= 11 is 0. The molecule has 0 amide bonds. The van der Waals surface area contributed by atoms with E-state index in [9.17, 15) is 8.42 Å². The summed E-state index contributed by atoms with van der Waals surface area (Å²) in [7, 11) is -3.49. The molecule has 5 heteroatoms. The van der Waals surface area contributed by atoms with E-state index in [-0.39, 0.29) is 17.6 Å². The minimum atomic E-state index is -3.49. The molecule has 1 saturated carbocycles. The molecule has 2 fully saturated rings. The summed E-state index contributed by atoms with van der Waals surface area (Å²) in [5, 5.41) is -0.457. The van der Waals surface area contributed by atoms with E-state index in [2.05, 4.69) is 34.6 Å². The van der Waals surface area contributed by atoms with Crippen molar-refractivity contribution in [1.29, 1.82) is 0 Å². The topological polar surface area (TPSA) is 52.6 Å². The smallest absolute Gasteiger partial charge is 0.181 e. The van der Waals surface area contributed by atoms with Gasteiger partial charge in [-0.1, -0.05) is 63.5 Å². The Hall–Kier alpha value is -1.17. The summed E-state index contributed by atoms with van der Waals surface area (Å²) in [6.07, 6.45) is 10.3. The summed E-state index contributed by atoms with van der Waals surface area (Å²) in [6, 6.07) is 9.09. The van der Waals surface area contributed by atoms with Crippen LogP contribution in [-0.4, -0.2) is 33.2 Å². The molecule has 3 aliphatic rings. The number of benzene rings is 1. The Balaban J connectivity index is 1.60. The second-order valence-electron chi connectivity index (χ2n) is 12.6. The van der Waals surface area contributed by atoms with Crippen molar-refractivity contribution in [3.8, 4) is 0 Å². The molecule has 0 N–H and O–H groups in total. The summed E-state index contributed by atoms with van der Waals surface area (Å²) in [5.74, 6) is 0.597. The molecule has 0 aromatic heterocycles. The fourth-order valence-corrected chi connectivity index (χ4v) is 9.64. The van der Waals surface area contributed by atoms with Crippen molar-refractivity contribution in [3.05, 3.63) is 41.5 Å². The van der Waals surface area contributed by atoms with Gasteiger partial charge in [-0.15, -0.1) is 0 Å². The van der Waals surface area contributed by atoms with Crippen molar-refractivity contribution in [2.45, 2.75) is 115 Å². The van der Waals surface area contributed by atoms with E-state index in [1.165, 1.54) is 36.8 Å². The molecule has 1 aromatic rings. The fraction of sp³-hybridized carbons (Fsp3) is 0.742. The van der Waals surface area contributed by atoms with Gasteiger partial charge in [0.2, 0.25) is 0 Å². The van der Waals surface area contributed by atoms with Crippen molar-refractivity contribution in [2.75, 3.05) is 13.2 Å². The Morgan fingerprint density at radius 1 is 1.06 bits per heavy atom. The second-order valence-corrected chi connectivity index (χ2v) is 14.8. The zero-order valence-electron chi connectivity index (χ0n) is 23.2. The summed E-state index contributed by atoms with van der Waals surface area (Å²) < 4.78 is 40.0. The molecule has 1 saturated heterocycles. The first kappa shape index (κ1) is 27.9. The number of ether oxygens (including phenoxy) is 2. The molecule has 5 atom stereocenters. The van der Waals surface area contributed by atoms with Gasteiger partial charge in [0, 0.05) is 6.61 Å². The van der Waals surface area contributed by atoms with E-state index in [0.29, 0.717) is 35.7 Å². The van der Waals surface area contributed by atoms with Crippen molar-refractivity contribution in [3.63, 3.8) is 0 Å². The molecule has 0 bridgehead atoms. The first-order valence-electron chi connectivity index (χ1n) is 14.3. The summed E-state index contributed by atoms with van der Waals surface area (Å²) in [5.41, 5.74) is 3.24. The molecule has 2 unspecified atom stereocenters. The van der Waals surface area contributed by atoms with Gasteiger partial charge in [-0.3, -0.25) is 0 Å². The maximum Gasteiger partial charge on any atom is 0.181 e. The Morgan fingerprint density at radius 2 is 1.81 bits per heavy atom. The molecule has 0 radical (unpaired) electrons. The van der Waals surface area contributed by atoms with E-state index in [1.54, 1.807) is 12.1 Å². The van der Waals surface area contributed by atoms with Crippen LogP contribution in [0.1, 0.15) is 98.8 Å². The van der Waals surface area contributed by atoms with Gasteiger partial charge in [0.1, 0.15) is 0 Å². The lowest BCUT2D eigenvalue weighted by Crippen LogP contribution is -2.46. The lowest BCUT2D eigenvalue weighted by atomic mass is 9.50. The molecule has 0 spiro atoms. The Morgan fingerprint density at radius 3 is 2.50 bits per heavy atom. The molecule has 1 aliphatic heterocycles. The van der Waals surface area contributed by atoms with Crippen LogP contribution in [0.4, 0.5) is 0 Å². The molecular weight excluding hydrogens is 468 g/mol. The Labute approximate surface area is 220 Å². The van der Waals surface area contributed by atoms with E-state index >= 15 is 0 Å². The highest BCUT2D eigenvalue weighted by Gasteiger charge is 2.51. The van der Waals surface area contributed by atoms with Gasteiger partial charge in [0.15, 0.2) is 16.1 Å². The largest absolute Gasteiger partial charge is 0.353 e. The average molecular weight is 517 g/mol. The molecular formula is C31H48O4S. The number of rotatable bonds is 9. The van der Waals surface area contributed by atoms with Crippen molar-refractivity contribution in [2.24, 2.45) is 22.7 Å². The summed E-state index contributed by atoms with van der Waals surface area (Å²) in [4.78, 5) is 0.443. The van der Waals surface area contributed by atoms with Crippen molar-refractivity contribution >= 4 is 9.84 Å².